The summed E-state index contributed by atoms with van der Waals surface area (Å²) in [5, 5.41) is 0. The fraction of sp³-hybridized carbons (Fsp3) is 0.684. The van der Waals surface area contributed by atoms with Crippen molar-refractivity contribution in [2.45, 2.75) is 83.0 Å². The Morgan fingerprint density at radius 3 is 1.81 bits per heavy atom. The highest BCUT2D eigenvalue weighted by molar-refractivity contribution is 8.76. The van der Waals surface area contributed by atoms with E-state index in [2.05, 4.69) is 38.1 Å². The lowest BCUT2D eigenvalue weighted by Crippen LogP contribution is -1.83. The van der Waals surface area contributed by atoms with Gasteiger partial charge in [0.2, 0.25) is 0 Å². The molecular formula is C19H32S2. The van der Waals surface area contributed by atoms with Crippen molar-refractivity contribution in [1.29, 1.82) is 0 Å². The average Bonchev–Trinajstić information content (AvgIpc) is 2.50. The summed E-state index contributed by atoms with van der Waals surface area (Å²) in [6.07, 6.45) is 14.3. The van der Waals surface area contributed by atoms with Gasteiger partial charge in [-0.15, -0.1) is 0 Å². The van der Waals surface area contributed by atoms with Crippen LogP contribution in [0.5, 0.6) is 0 Å². The van der Waals surface area contributed by atoms with Gasteiger partial charge in [0.05, 0.1) is 0 Å². The Bertz CT molecular complexity index is 332. The summed E-state index contributed by atoms with van der Waals surface area (Å²) in [6.45, 7) is 4.43. The SMILES string of the molecule is CCCCCCCCCCCCSSc1ccc(C)cc1. The van der Waals surface area contributed by atoms with Crippen LogP contribution in [-0.4, -0.2) is 5.75 Å². The molecule has 1 aromatic carbocycles. The predicted molar refractivity (Wildman–Crippen MR) is 101 cm³/mol. The zero-order valence-electron chi connectivity index (χ0n) is 13.9. The number of benzene rings is 1. The first-order valence-electron chi connectivity index (χ1n) is 8.69. The zero-order valence-corrected chi connectivity index (χ0v) is 15.5. The van der Waals surface area contributed by atoms with Gasteiger partial charge in [-0.2, -0.15) is 0 Å². The second-order valence-electron chi connectivity index (χ2n) is 5.90. The second-order valence-corrected chi connectivity index (χ2v) is 8.39. The molecular weight excluding hydrogens is 292 g/mol. The monoisotopic (exact) mass is 324 g/mol. The van der Waals surface area contributed by atoms with E-state index in [1.165, 1.54) is 80.4 Å². The van der Waals surface area contributed by atoms with E-state index in [1.807, 2.05) is 21.6 Å². The zero-order chi connectivity index (χ0) is 15.2. The van der Waals surface area contributed by atoms with Gasteiger partial charge in [0.25, 0.3) is 0 Å². The standard InChI is InChI=1S/C19H32S2/c1-3-4-5-6-7-8-9-10-11-12-17-20-21-19-15-13-18(2)14-16-19/h13-16H,3-12,17H2,1-2H3. The summed E-state index contributed by atoms with van der Waals surface area (Å²) in [6, 6.07) is 8.85. The molecule has 0 unspecified atom stereocenters. The van der Waals surface area contributed by atoms with E-state index in [0.717, 1.165) is 0 Å². The largest absolute Gasteiger partial charge is 0.0889 e. The number of rotatable bonds is 13. The van der Waals surface area contributed by atoms with E-state index in [9.17, 15) is 0 Å². The van der Waals surface area contributed by atoms with Crippen LogP contribution in [0.2, 0.25) is 0 Å². The van der Waals surface area contributed by atoms with Gasteiger partial charge in [-0.3, -0.25) is 0 Å². The van der Waals surface area contributed by atoms with Crippen molar-refractivity contribution in [3.05, 3.63) is 29.8 Å². The van der Waals surface area contributed by atoms with Gasteiger partial charge < -0.3 is 0 Å². The molecule has 0 spiro atoms. The van der Waals surface area contributed by atoms with Gasteiger partial charge in [0.1, 0.15) is 0 Å². The quantitative estimate of drug-likeness (QED) is 0.270. The Morgan fingerprint density at radius 1 is 0.714 bits per heavy atom. The molecule has 0 amide bonds. The Hall–Kier alpha value is -0.0800. The molecule has 0 atom stereocenters. The van der Waals surface area contributed by atoms with E-state index in [4.69, 9.17) is 0 Å². The molecule has 0 N–H and O–H groups in total. The van der Waals surface area contributed by atoms with Crippen LogP contribution < -0.4 is 0 Å². The van der Waals surface area contributed by atoms with Crippen LogP contribution in [0.3, 0.4) is 0 Å². The van der Waals surface area contributed by atoms with Crippen LogP contribution in [-0.2, 0) is 0 Å². The van der Waals surface area contributed by atoms with Gasteiger partial charge in [-0.25, -0.2) is 0 Å². The first kappa shape index (κ1) is 19.0. The van der Waals surface area contributed by atoms with Crippen LogP contribution in [0.25, 0.3) is 0 Å². The Kier molecular flexibility index (Phi) is 12.3. The molecule has 0 saturated carbocycles. The van der Waals surface area contributed by atoms with Crippen LogP contribution in [0.1, 0.15) is 76.7 Å². The van der Waals surface area contributed by atoms with Gasteiger partial charge in [-0.05, 0) is 25.5 Å². The molecule has 0 aliphatic heterocycles. The lowest BCUT2D eigenvalue weighted by atomic mass is 10.1. The lowest BCUT2D eigenvalue weighted by Gasteiger charge is -2.03. The van der Waals surface area contributed by atoms with E-state index in [1.54, 1.807) is 0 Å². The summed E-state index contributed by atoms with van der Waals surface area (Å²) in [7, 11) is 3.93. The number of hydrogen-bond acceptors (Lipinski definition) is 2. The fourth-order valence-corrected chi connectivity index (χ4v) is 4.49. The van der Waals surface area contributed by atoms with Crippen molar-refractivity contribution in [3.8, 4) is 0 Å². The van der Waals surface area contributed by atoms with Crippen molar-refractivity contribution < 1.29 is 0 Å². The molecule has 0 saturated heterocycles. The number of aryl methyl sites for hydroxylation is 1. The van der Waals surface area contributed by atoms with E-state index in [-0.39, 0.29) is 0 Å². The highest BCUT2D eigenvalue weighted by Crippen LogP contribution is 2.31. The summed E-state index contributed by atoms with van der Waals surface area (Å²) in [4.78, 5) is 1.39. The molecule has 0 aliphatic carbocycles. The summed E-state index contributed by atoms with van der Waals surface area (Å²) in [5.41, 5.74) is 1.35. The first-order valence-corrected chi connectivity index (χ1v) is 11.0. The molecule has 0 aromatic heterocycles. The second kappa shape index (κ2) is 13.6. The third-order valence-corrected chi connectivity index (χ3v) is 6.23. The Morgan fingerprint density at radius 2 is 1.24 bits per heavy atom. The maximum atomic E-state index is 2.29. The maximum absolute atomic E-state index is 2.29. The van der Waals surface area contributed by atoms with Crippen molar-refractivity contribution in [3.63, 3.8) is 0 Å². The van der Waals surface area contributed by atoms with Crippen molar-refractivity contribution in [2.75, 3.05) is 5.75 Å². The normalized spacial score (nSPS) is 11.0. The minimum Gasteiger partial charge on any atom is -0.0889 e. The third-order valence-electron chi connectivity index (χ3n) is 3.76. The first-order chi connectivity index (χ1) is 10.3. The minimum absolute atomic E-state index is 1.29. The Balaban J connectivity index is 1.81. The van der Waals surface area contributed by atoms with Crippen LogP contribution in [0.15, 0.2) is 29.2 Å². The van der Waals surface area contributed by atoms with Crippen molar-refractivity contribution >= 4 is 21.6 Å². The lowest BCUT2D eigenvalue weighted by molar-refractivity contribution is 0.563. The van der Waals surface area contributed by atoms with Crippen LogP contribution in [0.4, 0.5) is 0 Å². The summed E-state index contributed by atoms with van der Waals surface area (Å²) < 4.78 is 0. The van der Waals surface area contributed by atoms with Crippen molar-refractivity contribution in [1.82, 2.24) is 0 Å². The van der Waals surface area contributed by atoms with Gasteiger partial charge in [0.15, 0.2) is 0 Å². The van der Waals surface area contributed by atoms with E-state index < -0.39 is 0 Å². The van der Waals surface area contributed by atoms with E-state index in [0.29, 0.717) is 0 Å². The fourth-order valence-electron chi connectivity index (χ4n) is 2.35. The smallest absolute Gasteiger partial charge is 0.0182 e. The molecule has 0 radical (unpaired) electrons. The molecule has 0 nitrogen and oxygen atoms in total. The Labute approximate surface area is 140 Å². The molecule has 1 aromatic rings. The highest BCUT2D eigenvalue weighted by Gasteiger charge is 1.96. The summed E-state index contributed by atoms with van der Waals surface area (Å²) in [5.74, 6) is 1.29. The van der Waals surface area contributed by atoms with Crippen LogP contribution in [0, 0.1) is 6.92 Å². The molecule has 120 valence electrons. The molecule has 0 heterocycles. The summed E-state index contributed by atoms with van der Waals surface area (Å²) >= 11 is 0. The minimum atomic E-state index is 1.29. The third kappa shape index (κ3) is 11.2. The highest BCUT2D eigenvalue weighted by atomic mass is 33.1. The molecule has 1 rings (SSSR count). The van der Waals surface area contributed by atoms with E-state index >= 15 is 0 Å². The number of unbranched alkanes of at least 4 members (excludes halogenated alkanes) is 9. The van der Waals surface area contributed by atoms with Gasteiger partial charge in [0, 0.05) is 10.6 Å². The molecule has 2 heteroatoms. The van der Waals surface area contributed by atoms with Crippen molar-refractivity contribution in [2.24, 2.45) is 0 Å². The predicted octanol–water partition coefficient (Wildman–Crippen LogP) is 7.66. The topological polar surface area (TPSA) is 0 Å². The maximum Gasteiger partial charge on any atom is 0.0182 e. The van der Waals surface area contributed by atoms with Crippen LogP contribution >= 0.6 is 21.6 Å². The van der Waals surface area contributed by atoms with Gasteiger partial charge >= 0.3 is 0 Å². The molecule has 0 fully saturated rings. The molecule has 0 aliphatic rings. The molecule has 0 bridgehead atoms. The number of hydrogen-bond donors (Lipinski definition) is 0. The molecule has 21 heavy (non-hydrogen) atoms. The van der Waals surface area contributed by atoms with Gasteiger partial charge in [-0.1, -0.05) is 104 Å². The average molecular weight is 325 g/mol.